The summed E-state index contributed by atoms with van der Waals surface area (Å²) in [5.41, 5.74) is 0.831. The Bertz CT molecular complexity index is 532. The Morgan fingerprint density at radius 1 is 1.14 bits per heavy atom. The van der Waals surface area contributed by atoms with E-state index in [1.165, 1.54) is 6.33 Å². The number of likely N-dealkylation sites (tertiary alicyclic amines) is 1. The van der Waals surface area contributed by atoms with Crippen LogP contribution in [-0.2, 0) is 9.53 Å². The van der Waals surface area contributed by atoms with Gasteiger partial charge in [0.25, 0.3) is 0 Å². The molecule has 0 bridgehead atoms. The second-order valence-electron chi connectivity index (χ2n) is 6.69. The molecule has 4 heterocycles. The van der Waals surface area contributed by atoms with Gasteiger partial charge in [-0.05, 0) is 18.8 Å². The average molecular weight is 302 g/mol. The van der Waals surface area contributed by atoms with E-state index in [1.807, 2.05) is 4.90 Å². The van der Waals surface area contributed by atoms with E-state index >= 15 is 0 Å². The molecule has 2 atom stereocenters. The first-order valence-electron chi connectivity index (χ1n) is 8.18. The number of amides is 1. The number of aromatic nitrogens is 2. The number of anilines is 1. The first kappa shape index (κ1) is 14.1. The zero-order valence-corrected chi connectivity index (χ0v) is 12.7. The van der Waals surface area contributed by atoms with Crippen LogP contribution in [0.4, 0.5) is 5.69 Å². The van der Waals surface area contributed by atoms with Gasteiger partial charge >= 0.3 is 0 Å². The smallest absolute Gasteiger partial charge is 0.231 e. The summed E-state index contributed by atoms with van der Waals surface area (Å²) in [5, 5.41) is 0. The highest BCUT2D eigenvalue weighted by atomic mass is 16.5. The molecule has 22 heavy (non-hydrogen) atoms. The fourth-order valence-corrected chi connectivity index (χ4v) is 4.06. The molecule has 1 amide bonds. The molecule has 3 aliphatic heterocycles. The Balaban J connectivity index is 1.37. The summed E-state index contributed by atoms with van der Waals surface area (Å²) in [5.74, 6) is 1.59. The van der Waals surface area contributed by atoms with Gasteiger partial charge in [-0.3, -0.25) is 4.79 Å². The molecule has 118 valence electrons. The Morgan fingerprint density at radius 3 is 2.64 bits per heavy atom. The molecule has 0 radical (unpaired) electrons. The molecule has 3 aliphatic rings. The van der Waals surface area contributed by atoms with Gasteiger partial charge in [0.05, 0.1) is 24.0 Å². The molecule has 0 spiro atoms. The number of hydrogen-bond acceptors (Lipinski definition) is 5. The molecular formula is C16H22N4O2. The van der Waals surface area contributed by atoms with Gasteiger partial charge in [-0.1, -0.05) is 0 Å². The van der Waals surface area contributed by atoms with Crippen molar-refractivity contribution in [2.45, 2.75) is 12.8 Å². The first-order chi connectivity index (χ1) is 10.8. The summed E-state index contributed by atoms with van der Waals surface area (Å²) in [7, 11) is 0. The maximum absolute atomic E-state index is 12.6. The minimum Gasteiger partial charge on any atom is -0.381 e. The van der Waals surface area contributed by atoms with Crippen LogP contribution in [0, 0.1) is 17.8 Å². The van der Waals surface area contributed by atoms with Crippen molar-refractivity contribution in [2.24, 2.45) is 17.8 Å². The van der Waals surface area contributed by atoms with Crippen LogP contribution in [0.2, 0.25) is 0 Å². The Labute approximate surface area is 130 Å². The van der Waals surface area contributed by atoms with Crippen molar-refractivity contribution in [1.29, 1.82) is 0 Å². The molecule has 3 saturated heterocycles. The van der Waals surface area contributed by atoms with Crippen molar-refractivity contribution in [3.8, 4) is 0 Å². The van der Waals surface area contributed by atoms with Crippen molar-refractivity contribution in [1.82, 2.24) is 14.9 Å². The van der Waals surface area contributed by atoms with Gasteiger partial charge in [-0.25, -0.2) is 9.97 Å². The highest BCUT2D eigenvalue weighted by Gasteiger charge is 2.46. The minimum absolute atomic E-state index is 0.153. The summed E-state index contributed by atoms with van der Waals surface area (Å²) in [6.07, 6.45) is 7.28. The molecule has 0 unspecified atom stereocenters. The van der Waals surface area contributed by atoms with Crippen LogP contribution in [0.25, 0.3) is 0 Å². The summed E-state index contributed by atoms with van der Waals surface area (Å²) >= 11 is 0. The van der Waals surface area contributed by atoms with Crippen molar-refractivity contribution in [2.75, 3.05) is 44.3 Å². The number of nitrogens with zero attached hydrogens (tertiary/aromatic N) is 4. The van der Waals surface area contributed by atoms with Gasteiger partial charge in [0, 0.05) is 45.3 Å². The Morgan fingerprint density at radius 2 is 1.91 bits per heavy atom. The molecule has 6 heteroatoms. The monoisotopic (exact) mass is 302 g/mol. The number of carbonyl (C=O) groups excluding carboxylic acids is 1. The van der Waals surface area contributed by atoms with Crippen molar-refractivity contribution < 1.29 is 9.53 Å². The fourth-order valence-electron chi connectivity index (χ4n) is 4.06. The molecular weight excluding hydrogens is 280 g/mol. The Hall–Kier alpha value is -1.53. The molecule has 0 N–H and O–H groups in total. The summed E-state index contributed by atoms with van der Waals surface area (Å²) in [4.78, 5) is 25.0. The molecule has 0 saturated carbocycles. The van der Waals surface area contributed by atoms with Gasteiger partial charge in [0.1, 0.15) is 6.33 Å². The normalized spacial score (nSPS) is 30.0. The number of rotatable bonds is 3. The number of fused-ring (bicyclic) bond motifs is 1. The maximum atomic E-state index is 12.6. The largest absolute Gasteiger partial charge is 0.381 e. The molecule has 0 aromatic carbocycles. The zero-order valence-electron chi connectivity index (χ0n) is 12.7. The summed E-state index contributed by atoms with van der Waals surface area (Å²) < 4.78 is 5.43. The lowest BCUT2D eigenvalue weighted by molar-refractivity contribution is -0.120. The second kappa shape index (κ2) is 5.93. The average Bonchev–Trinajstić information content (AvgIpc) is 3.08. The van der Waals surface area contributed by atoms with Crippen LogP contribution in [-0.4, -0.2) is 60.2 Å². The van der Waals surface area contributed by atoms with Gasteiger partial charge < -0.3 is 14.5 Å². The third-order valence-electron chi connectivity index (χ3n) is 5.23. The van der Waals surface area contributed by atoms with Crippen LogP contribution >= 0.6 is 0 Å². The van der Waals surface area contributed by atoms with E-state index in [0.717, 1.165) is 63.8 Å². The van der Waals surface area contributed by atoms with E-state index in [-0.39, 0.29) is 11.8 Å². The maximum Gasteiger partial charge on any atom is 0.231 e. The predicted octanol–water partition coefficient (Wildman–Crippen LogP) is 0.798. The van der Waals surface area contributed by atoms with Crippen molar-refractivity contribution >= 4 is 11.6 Å². The van der Waals surface area contributed by atoms with E-state index in [0.29, 0.717) is 5.92 Å². The molecule has 6 nitrogen and oxygen atoms in total. The third-order valence-corrected chi connectivity index (χ3v) is 5.23. The highest BCUT2D eigenvalue weighted by molar-refractivity contribution is 5.97. The van der Waals surface area contributed by atoms with Gasteiger partial charge in [-0.15, -0.1) is 0 Å². The van der Waals surface area contributed by atoms with Crippen LogP contribution in [0.5, 0.6) is 0 Å². The van der Waals surface area contributed by atoms with E-state index in [1.54, 1.807) is 12.4 Å². The summed E-state index contributed by atoms with van der Waals surface area (Å²) in [6.45, 7) is 5.67. The first-order valence-corrected chi connectivity index (χ1v) is 8.18. The van der Waals surface area contributed by atoms with Crippen LogP contribution < -0.4 is 4.90 Å². The van der Waals surface area contributed by atoms with E-state index in [4.69, 9.17) is 4.74 Å². The quantitative estimate of drug-likeness (QED) is 0.826. The lowest BCUT2D eigenvalue weighted by Gasteiger charge is -2.28. The van der Waals surface area contributed by atoms with E-state index in [2.05, 4.69) is 14.9 Å². The van der Waals surface area contributed by atoms with Gasteiger partial charge in [0.15, 0.2) is 0 Å². The SMILES string of the molecule is O=C1[C@@H]2CN(CC3CCOCC3)C[C@@H]2CN1c1cncnc1. The van der Waals surface area contributed by atoms with Crippen LogP contribution in [0.3, 0.4) is 0 Å². The van der Waals surface area contributed by atoms with Crippen molar-refractivity contribution in [3.05, 3.63) is 18.7 Å². The zero-order chi connectivity index (χ0) is 14.9. The third kappa shape index (κ3) is 2.61. The lowest BCUT2D eigenvalue weighted by Crippen LogP contribution is -2.36. The number of ether oxygens (including phenoxy) is 1. The fraction of sp³-hybridized carbons (Fsp3) is 0.688. The molecule has 4 rings (SSSR count). The second-order valence-corrected chi connectivity index (χ2v) is 6.69. The van der Waals surface area contributed by atoms with Crippen LogP contribution in [0.15, 0.2) is 18.7 Å². The molecule has 3 fully saturated rings. The van der Waals surface area contributed by atoms with E-state index in [9.17, 15) is 4.79 Å². The molecule has 0 aliphatic carbocycles. The van der Waals surface area contributed by atoms with Gasteiger partial charge in [-0.2, -0.15) is 0 Å². The minimum atomic E-state index is 0.153. The number of carbonyl (C=O) groups is 1. The lowest BCUT2D eigenvalue weighted by atomic mass is 10.00. The van der Waals surface area contributed by atoms with E-state index < -0.39 is 0 Å². The standard InChI is InChI=1S/C16H22N4O2/c21-16-15-10-19(7-12-1-3-22-4-2-12)8-13(15)9-20(16)14-5-17-11-18-6-14/h5-6,11-13,15H,1-4,7-10H2/t13-,15-/m1/s1. The summed E-state index contributed by atoms with van der Waals surface area (Å²) in [6, 6.07) is 0. The molecule has 1 aromatic rings. The topological polar surface area (TPSA) is 58.6 Å². The predicted molar refractivity (Wildman–Crippen MR) is 81.3 cm³/mol. The van der Waals surface area contributed by atoms with Crippen molar-refractivity contribution in [3.63, 3.8) is 0 Å². The highest BCUT2D eigenvalue weighted by Crippen LogP contribution is 2.35. The number of hydrogen-bond donors (Lipinski definition) is 0. The van der Waals surface area contributed by atoms with Crippen LogP contribution in [0.1, 0.15) is 12.8 Å². The van der Waals surface area contributed by atoms with Gasteiger partial charge in [0.2, 0.25) is 5.91 Å². The Kier molecular flexibility index (Phi) is 3.80. The molecule has 1 aromatic heterocycles.